The largest absolute Gasteiger partial charge is 0.466 e. The highest BCUT2D eigenvalue weighted by molar-refractivity contribution is 6.15. The third kappa shape index (κ3) is 4.30. The lowest BCUT2D eigenvalue weighted by atomic mass is 9.94. The first-order valence-electron chi connectivity index (χ1n) is 9.67. The fourth-order valence-electron chi connectivity index (χ4n) is 3.51. The Kier molecular flexibility index (Phi) is 6.24. The van der Waals surface area contributed by atoms with E-state index in [1.807, 2.05) is 19.1 Å². The number of piperidine rings is 1. The summed E-state index contributed by atoms with van der Waals surface area (Å²) in [6.07, 6.45) is 1.45. The van der Waals surface area contributed by atoms with E-state index in [1.54, 1.807) is 48.2 Å². The molecule has 2 aromatic carbocycles. The van der Waals surface area contributed by atoms with Gasteiger partial charge in [-0.2, -0.15) is 0 Å². The Hall–Kier alpha value is -2.95. The molecule has 1 atom stereocenters. The second-order valence-electron chi connectivity index (χ2n) is 7.08. The van der Waals surface area contributed by atoms with Crippen molar-refractivity contribution < 1.29 is 19.1 Å². The molecule has 28 heavy (non-hydrogen) atoms. The van der Waals surface area contributed by atoms with E-state index in [0.717, 1.165) is 12.0 Å². The van der Waals surface area contributed by atoms with Crippen molar-refractivity contribution in [3.8, 4) is 0 Å². The van der Waals surface area contributed by atoms with Crippen LogP contribution in [0.5, 0.6) is 0 Å². The van der Waals surface area contributed by atoms with E-state index in [-0.39, 0.29) is 23.6 Å². The second-order valence-corrected chi connectivity index (χ2v) is 7.08. The van der Waals surface area contributed by atoms with Crippen LogP contribution in [0.15, 0.2) is 48.5 Å². The van der Waals surface area contributed by atoms with E-state index < -0.39 is 0 Å². The van der Waals surface area contributed by atoms with Gasteiger partial charge in [0.25, 0.3) is 5.91 Å². The third-order valence-corrected chi connectivity index (χ3v) is 5.04. The molecule has 1 fully saturated rings. The number of benzene rings is 2. The van der Waals surface area contributed by atoms with Gasteiger partial charge in [0.2, 0.25) is 0 Å². The van der Waals surface area contributed by atoms with Gasteiger partial charge in [0, 0.05) is 24.2 Å². The smallest absolute Gasteiger partial charge is 0.310 e. The van der Waals surface area contributed by atoms with Crippen LogP contribution in [0.1, 0.15) is 51.6 Å². The zero-order valence-corrected chi connectivity index (χ0v) is 16.3. The Bertz CT molecular complexity index is 872. The Morgan fingerprint density at radius 2 is 1.71 bits per heavy atom. The average Bonchev–Trinajstić information content (AvgIpc) is 2.73. The molecule has 1 heterocycles. The van der Waals surface area contributed by atoms with Crippen molar-refractivity contribution in [2.75, 3.05) is 19.7 Å². The van der Waals surface area contributed by atoms with Gasteiger partial charge in [-0.25, -0.2) is 0 Å². The number of ether oxygens (including phenoxy) is 1. The summed E-state index contributed by atoms with van der Waals surface area (Å²) < 4.78 is 5.11. The lowest BCUT2D eigenvalue weighted by Gasteiger charge is -2.32. The maximum absolute atomic E-state index is 13.2. The Morgan fingerprint density at radius 1 is 1.04 bits per heavy atom. The Labute approximate surface area is 165 Å². The summed E-state index contributed by atoms with van der Waals surface area (Å²) in [5.74, 6) is -0.963. The van der Waals surface area contributed by atoms with E-state index in [1.165, 1.54) is 0 Å². The number of nitrogens with zero attached hydrogens (tertiary/aromatic N) is 1. The van der Waals surface area contributed by atoms with E-state index in [4.69, 9.17) is 4.74 Å². The SMILES string of the molecule is CCOC(=O)C1CCCN(C(=O)c2ccccc2C(=O)c2ccc(C)cc2)C1. The van der Waals surface area contributed by atoms with Crippen LogP contribution in [0, 0.1) is 12.8 Å². The molecule has 0 saturated carbocycles. The highest BCUT2D eigenvalue weighted by Gasteiger charge is 2.31. The lowest BCUT2D eigenvalue weighted by molar-refractivity contribution is -0.149. The van der Waals surface area contributed by atoms with Crippen LogP contribution in [-0.2, 0) is 9.53 Å². The van der Waals surface area contributed by atoms with Crippen molar-refractivity contribution >= 4 is 17.7 Å². The molecule has 0 aromatic heterocycles. The van der Waals surface area contributed by atoms with E-state index in [2.05, 4.69) is 0 Å². The Morgan fingerprint density at radius 3 is 2.39 bits per heavy atom. The second kappa shape index (κ2) is 8.83. The first-order valence-corrected chi connectivity index (χ1v) is 9.67. The van der Waals surface area contributed by atoms with Crippen molar-refractivity contribution in [3.05, 3.63) is 70.8 Å². The molecule has 0 spiro atoms. The van der Waals surface area contributed by atoms with Gasteiger partial charge in [0.05, 0.1) is 18.1 Å². The summed E-state index contributed by atoms with van der Waals surface area (Å²) in [7, 11) is 0. The number of esters is 1. The van der Waals surface area contributed by atoms with E-state index >= 15 is 0 Å². The van der Waals surface area contributed by atoms with Crippen LogP contribution >= 0.6 is 0 Å². The molecular weight excluding hydrogens is 354 g/mol. The number of aryl methyl sites for hydroxylation is 1. The number of hydrogen-bond acceptors (Lipinski definition) is 4. The first kappa shape index (κ1) is 19.8. The monoisotopic (exact) mass is 379 g/mol. The average molecular weight is 379 g/mol. The van der Waals surface area contributed by atoms with Gasteiger partial charge in [-0.15, -0.1) is 0 Å². The van der Waals surface area contributed by atoms with Crippen LogP contribution in [0.25, 0.3) is 0 Å². The fourth-order valence-corrected chi connectivity index (χ4v) is 3.51. The minimum atomic E-state index is -0.308. The summed E-state index contributed by atoms with van der Waals surface area (Å²) in [6.45, 7) is 4.96. The highest BCUT2D eigenvalue weighted by atomic mass is 16.5. The predicted molar refractivity (Wildman–Crippen MR) is 106 cm³/mol. The molecule has 2 aromatic rings. The summed E-state index contributed by atoms with van der Waals surface area (Å²) in [6, 6.07) is 14.2. The maximum Gasteiger partial charge on any atom is 0.310 e. The quantitative estimate of drug-likeness (QED) is 0.588. The molecule has 0 aliphatic carbocycles. The molecule has 1 aliphatic rings. The number of hydrogen-bond donors (Lipinski definition) is 0. The van der Waals surface area contributed by atoms with Crippen LogP contribution in [0.3, 0.4) is 0 Å². The Balaban J connectivity index is 1.83. The summed E-state index contributed by atoms with van der Waals surface area (Å²) in [5.41, 5.74) is 2.38. The molecule has 1 saturated heterocycles. The van der Waals surface area contributed by atoms with Crippen LogP contribution < -0.4 is 0 Å². The van der Waals surface area contributed by atoms with Gasteiger partial charge in [0.1, 0.15) is 0 Å². The standard InChI is InChI=1S/C23H25NO4/c1-3-28-23(27)18-7-6-14-24(15-18)22(26)20-9-5-4-8-19(20)21(25)17-12-10-16(2)11-13-17/h4-5,8-13,18H,3,6-7,14-15H2,1-2H3. The first-order chi connectivity index (χ1) is 13.5. The summed E-state index contributed by atoms with van der Waals surface area (Å²) in [4.78, 5) is 39.9. The van der Waals surface area contributed by atoms with Crippen molar-refractivity contribution in [2.45, 2.75) is 26.7 Å². The lowest BCUT2D eigenvalue weighted by Crippen LogP contribution is -2.43. The van der Waals surface area contributed by atoms with Crippen LogP contribution in [0.4, 0.5) is 0 Å². The van der Waals surface area contributed by atoms with Gasteiger partial charge in [-0.3, -0.25) is 14.4 Å². The van der Waals surface area contributed by atoms with Gasteiger partial charge in [0.15, 0.2) is 5.78 Å². The van der Waals surface area contributed by atoms with Crippen LogP contribution in [0.2, 0.25) is 0 Å². The number of likely N-dealkylation sites (tertiary alicyclic amines) is 1. The molecule has 0 radical (unpaired) electrons. The normalized spacial score (nSPS) is 16.5. The van der Waals surface area contributed by atoms with Crippen molar-refractivity contribution in [3.63, 3.8) is 0 Å². The number of ketones is 1. The number of amides is 1. The van der Waals surface area contributed by atoms with Gasteiger partial charge in [-0.1, -0.05) is 48.0 Å². The molecule has 5 nitrogen and oxygen atoms in total. The van der Waals surface area contributed by atoms with Gasteiger partial charge >= 0.3 is 5.97 Å². The summed E-state index contributed by atoms with van der Waals surface area (Å²) in [5, 5.41) is 0. The predicted octanol–water partition coefficient (Wildman–Crippen LogP) is 3.64. The molecule has 1 aliphatic heterocycles. The molecule has 3 rings (SSSR count). The number of rotatable bonds is 5. The maximum atomic E-state index is 13.2. The van der Waals surface area contributed by atoms with E-state index in [0.29, 0.717) is 42.8 Å². The molecule has 5 heteroatoms. The molecule has 0 bridgehead atoms. The van der Waals surface area contributed by atoms with Crippen molar-refractivity contribution in [1.82, 2.24) is 4.90 Å². The zero-order valence-electron chi connectivity index (χ0n) is 16.3. The summed E-state index contributed by atoms with van der Waals surface area (Å²) >= 11 is 0. The fraction of sp³-hybridized carbons (Fsp3) is 0.348. The minimum Gasteiger partial charge on any atom is -0.466 e. The van der Waals surface area contributed by atoms with Crippen molar-refractivity contribution in [1.29, 1.82) is 0 Å². The molecule has 1 amide bonds. The zero-order chi connectivity index (χ0) is 20.1. The number of carbonyl (C=O) groups is 3. The topological polar surface area (TPSA) is 63.7 Å². The van der Waals surface area contributed by atoms with Gasteiger partial charge in [-0.05, 0) is 32.8 Å². The molecule has 0 N–H and O–H groups in total. The number of carbonyl (C=O) groups excluding carboxylic acids is 3. The van der Waals surface area contributed by atoms with E-state index in [9.17, 15) is 14.4 Å². The third-order valence-electron chi connectivity index (χ3n) is 5.04. The highest BCUT2D eigenvalue weighted by Crippen LogP contribution is 2.22. The minimum absolute atomic E-state index is 0.178. The van der Waals surface area contributed by atoms with Crippen molar-refractivity contribution in [2.24, 2.45) is 5.92 Å². The molecule has 146 valence electrons. The molecular formula is C23H25NO4. The van der Waals surface area contributed by atoms with Crippen LogP contribution in [-0.4, -0.2) is 42.3 Å². The molecule has 1 unspecified atom stereocenters. The van der Waals surface area contributed by atoms with Gasteiger partial charge < -0.3 is 9.64 Å².